The molecule has 0 aliphatic carbocycles. The summed E-state index contributed by atoms with van der Waals surface area (Å²) in [5.41, 5.74) is 2.66. The predicted octanol–water partition coefficient (Wildman–Crippen LogP) is 2.63. The Morgan fingerprint density at radius 1 is 1.10 bits per heavy atom. The van der Waals surface area contributed by atoms with Crippen LogP contribution in [0.5, 0.6) is 0 Å². The van der Waals surface area contributed by atoms with Crippen molar-refractivity contribution in [2.45, 2.75) is 58.3 Å². The van der Waals surface area contributed by atoms with Crippen LogP contribution < -0.4 is 16.6 Å². The average molecular weight is 293 g/mol. The van der Waals surface area contributed by atoms with Gasteiger partial charge in [0, 0.05) is 6.54 Å². The molecular weight excluding hydrogens is 266 g/mol. The second-order valence-corrected chi connectivity index (χ2v) is 5.16. The average Bonchev–Trinajstić information content (AvgIpc) is 2.53. The molecule has 1 aromatic heterocycles. The summed E-state index contributed by atoms with van der Waals surface area (Å²) in [6, 6.07) is 0. The van der Waals surface area contributed by atoms with Crippen molar-refractivity contribution in [3.63, 3.8) is 0 Å². The summed E-state index contributed by atoms with van der Waals surface area (Å²) in [5, 5.41) is 2.85. The van der Waals surface area contributed by atoms with Crippen LogP contribution in [0.25, 0.3) is 0 Å². The third kappa shape index (κ3) is 7.60. The number of carbonyl (C=O) groups is 1. The number of nitrogen functional groups attached to an aromatic ring is 1. The number of carbonyl (C=O) groups excluding carboxylic acids is 1. The summed E-state index contributed by atoms with van der Waals surface area (Å²) >= 11 is 0. The maximum Gasteiger partial charge on any atom is 0.271 e. The first-order valence-electron chi connectivity index (χ1n) is 7.84. The van der Waals surface area contributed by atoms with E-state index < -0.39 is 0 Å². The van der Waals surface area contributed by atoms with Crippen LogP contribution in [0.3, 0.4) is 0 Å². The lowest BCUT2D eigenvalue weighted by molar-refractivity contribution is 0.0947. The van der Waals surface area contributed by atoms with E-state index in [1.54, 1.807) is 0 Å². The van der Waals surface area contributed by atoms with Gasteiger partial charge in [-0.2, -0.15) is 0 Å². The fourth-order valence-electron chi connectivity index (χ4n) is 2.10. The summed E-state index contributed by atoms with van der Waals surface area (Å²) in [7, 11) is 0. The topological polar surface area (TPSA) is 92.9 Å². The maximum absolute atomic E-state index is 11.8. The van der Waals surface area contributed by atoms with E-state index in [-0.39, 0.29) is 11.6 Å². The Bertz CT molecular complexity index is 411. The molecule has 0 unspecified atom stereocenters. The van der Waals surface area contributed by atoms with E-state index in [0.29, 0.717) is 12.4 Å². The molecule has 21 heavy (non-hydrogen) atoms. The fourth-order valence-corrected chi connectivity index (χ4v) is 2.10. The van der Waals surface area contributed by atoms with Crippen LogP contribution in [0.1, 0.15) is 68.8 Å². The van der Waals surface area contributed by atoms with Gasteiger partial charge in [-0.1, -0.05) is 51.9 Å². The standard InChI is InChI=1S/C15H27N5O/c1-2-3-4-5-6-7-8-9-10-18-15(21)13-11-17-12-14(19-13)20-16/h11-12H,2-10,16H2,1H3,(H,18,21)(H,19,20). The molecule has 1 amide bonds. The number of anilines is 1. The zero-order valence-electron chi connectivity index (χ0n) is 12.9. The Hall–Kier alpha value is -1.69. The largest absolute Gasteiger partial charge is 0.351 e. The molecule has 0 fully saturated rings. The lowest BCUT2D eigenvalue weighted by Gasteiger charge is -2.05. The monoisotopic (exact) mass is 293 g/mol. The van der Waals surface area contributed by atoms with Gasteiger partial charge in [0.25, 0.3) is 5.91 Å². The molecule has 6 nitrogen and oxygen atoms in total. The summed E-state index contributed by atoms with van der Waals surface area (Å²) in [6.45, 7) is 2.90. The highest BCUT2D eigenvalue weighted by Crippen LogP contribution is 2.08. The van der Waals surface area contributed by atoms with Gasteiger partial charge in [0.1, 0.15) is 5.69 Å². The van der Waals surface area contributed by atoms with Crippen molar-refractivity contribution in [2.75, 3.05) is 12.0 Å². The van der Waals surface area contributed by atoms with E-state index in [0.717, 1.165) is 12.8 Å². The van der Waals surface area contributed by atoms with Gasteiger partial charge in [0.15, 0.2) is 5.82 Å². The third-order valence-corrected chi connectivity index (χ3v) is 3.33. The predicted molar refractivity (Wildman–Crippen MR) is 84.8 cm³/mol. The molecule has 1 aromatic rings. The first-order valence-corrected chi connectivity index (χ1v) is 7.84. The van der Waals surface area contributed by atoms with Crippen molar-refractivity contribution in [1.82, 2.24) is 15.3 Å². The molecule has 0 bridgehead atoms. The highest BCUT2D eigenvalue weighted by atomic mass is 16.1. The Morgan fingerprint density at radius 3 is 2.43 bits per heavy atom. The van der Waals surface area contributed by atoms with Crippen LogP contribution in [0.4, 0.5) is 5.82 Å². The summed E-state index contributed by atoms with van der Waals surface area (Å²) in [5.74, 6) is 5.41. The fraction of sp³-hybridized carbons (Fsp3) is 0.667. The van der Waals surface area contributed by atoms with Crippen LogP contribution in [-0.4, -0.2) is 22.4 Å². The highest BCUT2D eigenvalue weighted by Gasteiger charge is 2.07. The Morgan fingerprint density at radius 2 is 1.76 bits per heavy atom. The molecule has 0 aliphatic rings. The smallest absolute Gasteiger partial charge is 0.271 e. The molecule has 0 radical (unpaired) electrons. The molecule has 0 saturated carbocycles. The minimum atomic E-state index is -0.206. The lowest BCUT2D eigenvalue weighted by Crippen LogP contribution is -2.26. The minimum absolute atomic E-state index is 0.206. The van der Waals surface area contributed by atoms with Gasteiger partial charge in [-0.05, 0) is 6.42 Å². The van der Waals surface area contributed by atoms with Crippen molar-refractivity contribution in [2.24, 2.45) is 5.84 Å². The normalized spacial score (nSPS) is 10.4. The summed E-state index contributed by atoms with van der Waals surface area (Å²) in [6.07, 6.45) is 12.9. The number of rotatable bonds is 11. The van der Waals surface area contributed by atoms with Crippen molar-refractivity contribution >= 4 is 11.7 Å². The molecule has 0 spiro atoms. The third-order valence-electron chi connectivity index (χ3n) is 3.33. The molecule has 6 heteroatoms. The van der Waals surface area contributed by atoms with E-state index in [2.05, 4.69) is 27.6 Å². The van der Waals surface area contributed by atoms with Gasteiger partial charge in [0.05, 0.1) is 12.4 Å². The lowest BCUT2D eigenvalue weighted by atomic mass is 10.1. The van der Waals surface area contributed by atoms with Crippen LogP contribution in [0.2, 0.25) is 0 Å². The van der Waals surface area contributed by atoms with Crippen molar-refractivity contribution in [3.05, 3.63) is 18.1 Å². The number of nitrogens with one attached hydrogen (secondary N) is 2. The summed E-state index contributed by atoms with van der Waals surface area (Å²) in [4.78, 5) is 19.8. The van der Waals surface area contributed by atoms with E-state index in [1.165, 1.54) is 50.9 Å². The first-order chi connectivity index (χ1) is 10.3. The van der Waals surface area contributed by atoms with Gasteiger partial charge >= 0.3 is 0 Å². The van der Waals surface area contributed by atoms with Crippen LogP contribution in [0.15, 0.2) is 12.4 Å². The molecule has 0 atom stereocenters. The molecule has 0 aliphatic heterocycles. The first kappa shape index (κ1) is 17.4. The molecular formula is C15H27N5O. The van der Waals surface area contributed by atoms with Crippen molar-refractivity contribution in [3.8, 4) is 0 Å². The van der Waals surface area contributed by atoms with Crippen molar-refractivity contribution < 1.29 is 4.79 Å². The molecule has 0 aromatic carbocycles. The molecule has 1 heterocycles. The second kappa shape index (κ2) is 11.0. The second-order valence-electron chi connectivity index (χ2n) is 5.16. The molecule has 4 N–H and O–H groups in total. The maximum atomic E-state index is 11.8. The summed E-state index contributed by atoms with van der Waals surface area (Å²) < 4.78 is 0. The van der Waals surface area contributed by atoms with E-state index >= 15 is 0 Å². The Balaban J connectivity index is 2.08. The number of unbranched alkanes of at least 4 members (excludes halogenated alkanes) is 7. The van der Waals surface area contributed by atoms with Crippen LogP contribution >= 0.6 is 0 Å². The Kier molecular flexibility index (Phi) is 9.11. The molecule has 118 valence electrons. The quantitative estimate of drug-likeness (QED) is 0.331. The minimum Gasteiger partial charge on any atom is -0.351 e. The number of hydrazine groups is 1. The van der Waals surface area contributed by atoms with Gasteiger partial charge in [0.2, 0.25) is 0 Å². The SMILES string of the molecule is CCCCCCCCCCNC(=O)c1cncc(NN)n1. The van der Waals surface area contributed by atoms with Gasteiger partial charge in [-0.15, -0.1) is 0 Å². The number of hydrogen-bond donors (Lipinski definition) is 3. The zero-order chi connectivity index (χ0) is 15.3. The van der Waals surface area contributed by atoms with E-state index in [9.17, 15) is 4.79 Å². The van der Waals surface area contributed by atoms with E-state index in [1.807, 2.05) is 0 Å². The van der Waals surface area contributed by atoms with Crippen molar-refractivity contribution in [1.29, 1.82) is 0 Å². The van der Waals surface area contributed by atoms with Crippen LogP contribution in [-0.2, 0) is 0 Å². The van der Waals surface area contributed by atoms with Gasteiger partial charge < -0.3 is 10.7 Å². The number of nitrogens with zero attached hydrogens (tertiary/aromatic N) is 2. The number of hydrogen-bond acceptors (Lipinski definition) is 5. The number of amides is 1. The van der Waals surface area contributed by atoms with Gasteiger partial charge in [-0.3, -0.25) is 9.78 Å². The molecule has 0 saturated heterocycles. The zero-order valence-corrected chi connectivity index (χ0v) is 12.9. The van der Waals surface area contributed by atoms with E-state index in [4.69, 9.17) is 5.84 Å². The molecule has 1 rings (SSSR count). The van der Waals surface area contributed by atoms with Crippen LogP contribution in [0, 0.1) is 0 Å². The highest BCUT2D eigenvalue weighted by molar-refractivity contribution is 5.92. The van der Waals surface area contributed by atoms with Gasteiger partial charge in [-0.25, -0.2) is 10.8 Å². The Labute approximate surface area is 126 Å². The number of aromatic nitrogens is 2. The number of nitrogens with two attached hydrogens (primary N) is 1.